The molecule has 0 amide bonds. The number of rotatable bonds is 3. The van der Waals surface area contributed by atoms with E-state index in [1.807, 2.05) is 41.9 Å². The Bertz CT molecular complexity index is 736. The molecule has 0 aliphatic heterocycles. The highest BCUT2D eigenvalue weighted by Gasteiger charge is 2.12. The third-order valence-electron chi connectivity index (χ3n) is 3.43. The Kier molecular flexibility index (Phi) is 3.22. The second-order valence-electron chi connectivity index (χ2n) is 4.74. The van der Waals surface area contributed by atoms with Crippen LogP contribution in [0.15, 0.2) is 42.7 Å². The van der Waals surface area contributed by atoms with Gasteiger partial charge in [0.05, 0.1) is 17.1 Å². The van der Waals surface area contributed by atoms with Crippen LogP contribution in [0.4, 0.5) is 0 Å². The Morgan fingerprint density at radius 2 is 2.20 bits per heavy atom. The minimum absolute atomic E-state index is 0.207. The van der Waals surface area contributed by atoms with E-state index in [1.165, 1.54) is 0 Å². The van der Waals surface area contributed by atoms with E-state index in [4.69, 9.17) is 5.73 Å². The van der Waals surface area contributed by atoms with Gasteiger partial charge in [0.1, 0.15) is 5.82 Å². The first-order valence-corrected chi connectivity index (χ1v) is 6.45. The van der Waals surface area contributed by atoms with Crippen LogP contribution in [0.2, 0.25) is 0 Å². The number of nitrogens with zero attached hydrogens (tertiary/aromatic N) is 3. The molecule has 5 nitrogen and oxygen atoms in total. The van der Waals surface area contributed by atoms with E-state index >= 15 is 0 Å². The molecule has 2 heterocycles. The molecule has 0 fully saturated rings. The highest BCUT2D eigenvalue weighted by molar-refractivity contribution is 5.81. The van der Waals surface area contributed by atoms with Gasteiger partial charge in [0.2, 0.25) is 0 Å². The van der Waals surface area contributed by atoms with Crippen LogP contribution in [0.5, 0.6) is 0 Å². The summed E-state index contributed by atoms with van der Waals surface area (Å²) in [5.74, 6) is 0.854. The minimum Gasteiger partial charge on any atom is -0.387 e. The fourth-order valence-corrected chi connectivity index (χ4v) is 2.30. The van der Waals surface area contributed by atoms with Gasteiger partial charge in [0.15, 0.2) is 0 Å². The first-order valence-electron chi connectivity index (χ1n) is 6.45. The number of hydrogen-bond acceptors (Lipinski definition) is 4. The number of benzene rings is 1. The van der Waals surface area contributed by atoms with Crippen LogP contribution in [0, 0.1) is 0 Å². The largest absolute Gasteiger partial charge is 0.387 e. The molecule has 1 atom stereocenters. The number of aryl methyl sites for hydroxylation is 1. The van der Waals surface area contributed by atoms with Gasteiger partial charge in [-0.1, -0.05) is 6.07 Å². The summed E-state index contributed by atoms with van der Waals surface area (Å²) in [6.45, 7) is 0.207. The highest BCUT2D eigenvalue weighted by atomic mass is 16.3. The van der Waals surface area contributed by atoms with E-state index in [1.54, 1.807) is 12.4 Å². The maximum Gasteiger partial charge on any atom is 0.142 e. The van der Waals surface area contributed by atoms with Crippen LogP contribution in [0.1, 0.15) is 11.7 Å². The van der Waals surface area contributed by atoms with E-state index in [0.717, 1.165) is 28.0 Å². The fraction of sp³-hybridized carbons (Fsp3) is 0.200. The van der Waals surface area contributed by atoms with E-state index in [0.29, 0.717) is 0 Å². The van der Waals surface area contributed by atoms with Gasteiger partial charge in [-0.2, -0.15) is 0 Å². The average Bonchev–Trinajstić information content (AvgIpc) is 2.84. The number of aliphatic hydroxyl groups is 1. The van der Waals surface area contributed by atoms with E-state index < -0.39 is 6.10 Å². The van der Waals surface area contributed by atoms with Crippen molar-refractivity contribution in [1.29, 1.82) is 0 Å². The van der Waals surface area contributed by atoms with Crippen molar-refractivity contribution in [2.45, 2.75) is 6.10 Å². The predicted octanol–water partition coefficient (Wildman–Crippen LogP) is 1.63. The third-order valence-corrected chi connectivity index (χ3v) is 3.43. The SMILES string of the molecule is Cn1c(-c2cccnc2)nc2ccc(C(O)CN)cc21. The summed E-state index contributed by atoms with van der Waals surface area (Å²) in [7, 11) is 1.95. The summed E-state index contributed by atoms with van der Waals surface area (Å²) in [6, 6.07) is 9.56. The van der Waals surface area contributed by atoms with Crippen molar-refractivity contribution in [1.82, 2.24) is 14.5 Å². The smallest absolute Gasteiger partial charge is 0.142 e. The molecule has 0 aliphatic carbocycles. The number of hydrogen-bond donors (Lipinski definition) is 2. The average molecular weight is 268 g/mol. The molecule has 1 unspecified atom stereocenters. The summed E-state index contributed by atoms with van der Waals surface area (Å²) in [5.41, 5.74) is 9.13. The lowest BCUT2D eigenvalue weighted by Gasteiger charge is -2.08. The van der Waals surface area contributed by atoms with Gasteiger partial charge in [-0.3, -0.25) is 4.98 Å². The molecule has 0 saturated carbocycles. The summed E-state index contributed by atoms with van der Waals surface area (Å²) in [6.07, 6.45) is 2.88. The maximum absolute atomic E-state index is 9.84. The lowest BCUT2D eigenvalue weighted by molar-refractivity contribution is 0.187. The first-order chi connectivity index (χ1) is 9.70. The summed E-state index contributed by atoms with van der Waals surface area (Å²) < 4.78 is 2.00. The monoisotopic (exact) mass is 268 g/mol. The van der Waals surface area contributed by atoms with Crippen LogP contribution < -0.4 is 5.73 Å². The molecule has 3 N–H and O–H groups in total. The molecule has 102 valence electrons. The molecule has 3 rings (SSSR count). The first kappa shape index (κ1) is 12.8. The van der Waals surface area contributed by atoms with Crippen molar-refractivity contribution < 1.29 is 5.11 Å². The fourth-order valence-electron chi connectivity index (χ4n) is 2.30. The molecule has 1 aromatic carbocycles. The van der Waals surface area contributed by atoms with Crippen molar-refractivity contribution in [2.75, 3.05) is 6.54 Å². The van der Waals surface area contributed by atoms with Gasteiger partial charge < -0.3 is 15.4 Å². The highest BCUT2D eigenvalue weighted by Crippen LogP contribution is 2.25. The van der Waals surface area contributed by atoms with Gasteiger partial charge in [0, 0.05) is 31.5 Å². The maximum atomic E-state index is 9.84. The lowest BCUT2D eigenvalue weighted by Crippen LogP contribution is -2.11. The molecule has 0 aliphatic rings. The zero-order valence-electron chi connectivity index (χ0n) is 11.2. The van der Waals surface area contributed by atoms with E-state index in [-0.39, 0.29) is 6.54 Å². The van der Waals surface area contributed by atoms with Crippen molar-refractivity contribution in [3.05, 3.63) is 48.3 Å². The Morgan fingerprint density at radius 3 is 2.90 bits per heavy atom. The second-order valence-corrected chi connectivity index (χ2v) is 4.74. The van der Waals surface area contributed by atoms with Crippen LogP contribution in [-0.2, 0) is 7.05 Å². The number of nitrogens with two attached hydrogens (primary N) is 1. The Balaban J connectivity index is 2.16. The van der Waals surface area contributed by atoms with Crippen molar-refractivity contribution >= 4 is 11.0 Å². The van der Waals surface area contributed by atoms with Gasteiger partial charge in [-0.15, -0.1) is 0 Å². The molecule has 20 heavy (non-hydrogen) atoms. The predicted molar refractivity (Wildman–Crippen MR) is 78.0 cm³/mol. The second kappa shape index (κ2) is 5.03. The number of aromatic nitrogens is 3. The molecule has 2 aromatic heterocycles. The molecule has 0 spiro atoms. The lowest BCUT2D eigenvalue weighted by atomic mass is 10.1. The summed E-state index contributed by atoms with van der Waals surface area (Å²) in [4.78, 5) is 8.74. The van der Waals surface area contributed by atoms with E-state index in [2.05, 4.69) is 9.97 Å². The Hall–Kier alpha value is -2.24. The zero-order chi connectivity index (χ0) is 14.1. The van der Waals surface area contributed by atoms with Gasteiger partial charge >= 0.3 is 0 Å². The third kappa shape index (κ3) is 2.07. The van der Waals surface area contributed by atoms with Crippen molar-refractivity contribution in [3.8, 4) is 11.4 Å². The molecular weight excluding hydrogens is 252 g/mol. The summed E-state index contributed by atoms with van der Waals surface area (Å²) in [5, 5.41) is 9.84. The van der Waals surface area contributed by atoms with Crippen LogP contribution in [0.3, 0.4) is 0 Å². The van der Waals surface area contributed by atoms with Crippen molar-refractivity contribution in [3.63, 3.8) is 0 Å². The minimum atomic E-state index is -0.642. The standard InChI is InChI=1S/C15H16N4O/c1-19-13-7-10(14(20)8-16)4-5-12(13)18-15(19)11-3-2-6-17-9-11/h2-7,9,14,20H,8,16H2,1H3. The van der Waals surface area contributed by atoms with E-state index in [9.17, 15) is 5.11 Å². The zero-order valence-corrected chi connectivity index (χ0v) is 11.2. The quantitative estimate of drug-likeness (QED) is 0.757. The molecule has 0 saturated heterocycles. The van der Waals surface area contributed by atoms with Crippen LogP contribution in [0.25, 0.3) is 22.4 Å². The number of pyridine rings is 1. The topological polar surface area (TPSA) is 77.0 Å². The Labute approximate surface area is 116 Å². The molecule has 0 radical (unpaired) electrons. The van der Waals surface area contributed by atoms with Gasteiger partial charge in [-0.25, -0.2) is 4.98 Å². The van der Waals surface area contributed by atoms with Crippen LogP contribution >= 0.6 is 0 Å². The Morgan fingerprint density at radius 1 is 1.35 bits per heavy atom. The molecule has 5 heteroatoms. The van der Waals surface area contributed by atoms with Gasteiger partial charge in [-0.05, 0) is 29.8 Å². The number of imidazole rings is 1. The molecule has 0 bridgehead atoms. The normalized spacial score (nSPS) is 12.8. The summed E-state index contributed by atoms with van der Waals surface area (Å²) >= 11 is 0. The number of fused-ring (bicyclic) bond motifs is 1. The van der Waals surface area contributed by atoms with Gasteiger partial charge in [0.25, 0.3) is 0 Å². The molecule has 3 aromatic rings. The molecular formula is C15H16N4O. The van der Waals surface area contributed by atoms with Crippen LogP contribution in [-0.4, -0.2) is 26.2 Å². The number of aliphatic hydroxyl groups excluding tert-OH is 1. The van der Waals surface area contributed by atoms with Crippen molar-refractivity contribution in [2.24, 2.45) is 12.8 Å².